The van der Waals surface area contributed by atoms with E-state index in [9.17, 15) is 14.4 Å². The molecule has 1 aliphatic carbocycles. The minimum absolute atomic E-state index is 0.0357. The van der Waals surface area contributed by atoms with Crippen LogP contribution in [0.25, 0.3) is 0 Å². The topological polar surface area (TPSA) is 94.6 Å². The van der Waals surface area contributed by atoms with Crippen LogP contribution in [0.1, 0.15) is 36.0 Å². The van der Waals surface area contributed by atoms with Gasteiger partial charge in [0.1, 0.15) is 5.82 Å². The number of carbonyl (C=O) groups is 3. The molecule has 0 spiro atoms. The van der Waals surface area contributed by atoms with Crippen molar-refractivity contribution in [1.82, 2.24) is 20.5 Å². The molecular weight excluding hydrogens is 430 g/mol. The maximum Gasteiger partial charge on any atom is 0.251 e. The largest absolute Gasteiger partial charge is 0.354 e. The Balaban J connectivity index is 1.12. The molecule has 8 nitrogen and oxygen atoms in total. The minimum Gasteiger partial charge on any atom is -0.354 e. The number of aromatic nitrogens is 1. The molecule has 0 atom stereocenters. The first-order chi connectivity index (χ1) is 16.6. The second kappa shape index (κ2) is 11.6. The summed E-state index contributed by atoms with van der Waals surface area (Å²) in [5.41, 5.74) is 0.538. The Labute approximate surface area is 200 Å². The Morgan fingerprint density at radius 3 is 2.24 bits per heavy atom. The maximum absolute atomic E-state index is 13.0. The molecule has 34 heavy (non-hydrogen) atoms. The van der Waals surface area contributed by atoms with Gasteiger partial charge in [-0.2, -0.15) is 0 Å². The Bertz CT molecular complexity index is 953. The van der Waals surface area contributed by atoms with Crippen molar-refractivity contribution in [3.05, 3.63) is 60.3 Å². The van der Waals surface area contributed by atoms with Gasteiger partial charge in [0, 0.05) is 50.4 Å². The van der Waals surface area contributed by atoms with Crippen LogP contribution in [0.3, 0.4) is 0 Å². The van der Waals surface area contributed by atoms with Crippen LogP contribution in [0.4, 0.5) is 5.82 Å². The van der Waals surface area contributed by atoms with E-state index in [4.69, 9.17) is 0 Å². The van der Waals surface area contributed by atoms with E-state index in [0.29, 0.717) is 18.0 Å². The summed E-state index contributed by atoms with van der Waals surface area (Å²) >= 11 is 0. The summed E-state index contributed by atoms with van der Waals surface area (Å²) in [4.78, 5) is 45.8. The van der Waals surface area contributed by atoms with Crippen molar-refractivity contribution in [2.24, 2.45) is 11.8 Å². The Morgan fingerprint density at radius 1 is 0.853 bits per heavy atom. The third-order valence-corrected chi connectivity index (χ3v) is 6.79. The highest BCUT2D eigenvalue weighted by atomic mass is 16.2. The van der Waals surface area contributed by atoms with Crippen LogP contribution in [0.15, 0.2) is 54.7 Å². The second-order valence-corrected chi connectivity index (χ2v) is 9.07. The number of amides is 3. The molecule has 2 N–H and O–H groups in total. The van der Waals surface area contributed by atoms with Gasteiger partial charge in [-0.3, -0.25) is 14.4 Å². The highest BCUT2D eigenvalue weighted by Gasteiger charge is 2.31. The molecule has 2 aliphatic rings. The Kier molecular flexibility index (Phi) is 8.12. The predicted molar refractivity (Wildman–Crippen MR) is 130 cm³/mol. The number of rotatable bonds is 7. The molecule has 0 unspecified atom stereocenters. The smallest absolute Gasteiger partial charge is 0.251 e. The van der Waals surface area contributed by atoms with E-state index in [2.05, 4.69) is 20.5 Å². The van der Waals surface area contributed by atoms with Crippen molar-refractivity contribution in [1.29, 1.82) is 0 Å². The zero-order valence-electron chi connectivity index (χ0n) is 19.5. The quantitative estimate of drug-likeness (QED) is 0.656. The van der Waals surface area contributed by atoms with Crippen molar-refractivity contribution in [3.63, 3.8) is 0 Å². The molecule has 1 aromatic heterocycles. The zero-order chi connectivity index (χ0) is 23.8. The van der Waals surface area contributed by atoms with Crippen LogP contribution < -0.4 is 15.5 Å². The van der Waals surface area contributed by atoms with E-state index in [0.717, 1.165) is 57.7 Å². The molecule has 1 aliphatic heterocycles. The number of carbonyl (C=O) groups excluding carboxylic acids is 3. The van der Waals surface area contributed by atoms with Gasteiger partial charge in [-0.05, 0) is 55.9 Å². The van der Waals surface area contributed by atoms with Gasteiger partial charge in [-0.15, -0.1) is 0 Å². The number of pyridine rings is 1. The average Bonchev–Trinajstić information content (AvgIpc) is 2.91. The normalized spacial score (nSPS) is 20.5. The molecule has 2 heterocycles. The van der Waals surface area contributed by atoms with E-state index in [-0.39, 0.29) is 30.2 Å². The van der Waals surface area contributed by atoms with E-state index in [1.807, 2.05) is 29.2 Å². The lowest BCUT2D eigenvalue weighted by Crippen LogP contribution is -2.51. The summed E-state index contributed by atoms with van der Waals surface area (Å²) in [5.74, 6) is 1.25. The fourth-order valence-corrected chi connectivity index (χ4v) is 4.74. The number of piperazine rings is 1. The summed E-state index contributed by atoms with van der Waals surface area (Å²) in [5, 5.41) is 5.58. The van der Waals surface area contributed by atoms with Gasteiger partial charge in [-0.25, -0.2) is 4.98 Å². The van der Waals surface area contributed by atoms with Gasteiger partial charge >= 0.3 is 0 Å². The summed E-state index contributed by atoms with van der Waals surface area (Å²) in [6.07, 6.45) is 5.39. The standard InChI is InChI=1S/C26H33N5O3/c32-24(19-29-25(33)21-6-2-1-3-7-21)28-18-20-9-11-22(12-10-20)26(34)31-16-14-30(15-17-31)23-8-4-5-13-27-23/h1-8,13,20,22H,9-12,14-19H2,(H,28,32)(H,29,33). The monoisotopic (exact) mass is 463 g/mol. The molecule has 2 fully saturated rings. The fraction of sp³-hybridized carbons (Fsp3) is 0.462. The summed E-state index contributed by atoms with van der Waals surface area (Å²) in [6, 6.07) is 14.8. The van der Waals surface area contributed by atoms with Crippen LogP contribution in [-0.2, 0) is 9.59 Å². The van der Waals surface area contributed by atoms with Crippen LogP contribution >= 0.6 is 0 Å². The Hall–Kier alpha value is -3.42. The number of hydrogen-bond acceptors (Lipinski definition) is 5. The lowest BCUT2D eigenvalue weighted by molar-refractivity contribution is -0.137. The zero-order valence-corrected chi connectivity index (χ0v) is 19.5. The van der Waals surface area contributed by atoms with Crippen molar-refractivity contribution in [3.8, 4) is 0 Å². The molecule has 0 bridgehead atoms. The molecule has 0 radical (unpaired) electrons. The first-order valence-corrected chi connectivity index (χ1v) is 12.1. The van der Waals surface area contributed by atoms with Crippen LogP contribution in [0.2, 0.25) is 0 Å². The number of benzene rings is 1. The molecule has 2 aromatic rings. The highest BCUT2D eigenvalue weighted by Crippen LogP contribution is 2.30. The van der Waals surface area contributed by atoms with E-state index in [1.165, 1.54) is 0 Å². The van der Waals surface area contributed by atoms with Crippen LogP contribution in [0.5, 0.6) is 0 Å². The number of nitrogens with one attached hydrogen (secondary N) is 2. The number of nitrogens with zero attached hydrogens (tertiary/aromatic N) is 3. The molecule has 1 aromatic carbocycles. The molecule has 1 saturated heterocycles. The first-order valence-electron chi connectivity index (χ1n) is 12.1. The molecular formula is C26H33N5O3. The van der Waals surface area contributed by atoms with Crippen molar-refractivity contribution < 1.29 is 14.4 Å². The average molecular weight is 464 g/mol. The molecule has 3 amide bonds. The lowest BCUT2D eigenvalue weighted by atomic mass is 9.81. The highest BCUT2D eigenvalue weighted by molar-refractivity contribution is 5.96. The van der Waals surface area contributed by atoms with Gasteiger partial charge in [0.2, 0.25) is 11.8 Å². The van der Waals surface area contributed by atoms with Crippen molar-refractivity contribution in [2.75, 3.05) is 44.2 Å². The van der Waals surface area contributed by atoms with Gasteiger partial charge in [0.25, 0.3) is 5.91 Å². The maximum atomic E-state index is 13.0. The lowest BCUT2D eigenvalue weighted by Gasteiger charge is -2.38. The van der Waals surface area contributed by atoms with E-state index < -0.39 is 0 Å². The SMILES string of the molecule is O=C(CNC(=O)c1ccccc1)NCC1CCC(C(=O)N2CCN(c3ccccn3)CC2)CC1. The third kappa shape index (κ3) is 6.34. The summed E-state index contributed by atoms with van der Waals surface area (Å²) < 4.78 is 0. The van der Waals surface area contributed by atoms with Crippen molar-refractivity contribution in [2.45, 2.75) is 25.7 Å². The molecule has 1 saturated carbocycles. The number of hydrogen-bond donors (Lipinski definition) is 2. The third-order valence-electron chi connectivity index (χ3n) is 6.79. The van der Waals surface area contributed by atoms with Gasteiger partial charge in [0.05, 0.1) is 6.54 Å². The van der Waals surface area contributed by atoms with E-state index in [1.54, 1.807) is 30.5 Å². The second-order valence-electron chi connectivity index (χ2n) is 9.07. The molecule has 8 heteroatoms. The van der Waals surface area contributed by atoms with Crippen LogP contribution in [0, 0.1) is 11.8 Å². The Morgan fingerprint density at radius 2 is 1.56 bits per heavy atom. The van der Waals surface area contributed by atoms with Gasteiger partial charge in [-0.1, -0.05) is 24.3 Å². The van der Waals surface area contributed by atoms with Crippen molar-refractivity contribution >= 4 is 23.5 Å². The van der Waals surface area contributed by atoms with Gasteiger partial charge in [0.15, 0.2) is 0 Å². The number of anilines is 1. The minimum atomic E-state index is -0.254. The first kappa shape index (κ1) is 23.7. The summed E-state index contributed by atoms with van der Waals surface area (Å²) in [6.45, 7) is 3.64. The van der Waals surface area contributed by atoms with E-state index >= 15 is 0 Å². The fourth-order valence-electron chi connectivity index (χ4n) is 4.74. The predicted octanol–water partition coefficient (Wildman–Crippen LogP) is 2.08. The van der Waals surface area contributed by atoms with Gasteiger partial charge < -0.3 is 20.4 Å². The molecule has 4 rings (SSSR count). The van der Waals surface area contributed by atoms with Crippen LogP contribution in [-0.4, -0.2) is 66.9 Å². The molecule has 180 valence electrons. The summed E-state index contributed by atoms with van der Waals surface area (Å²) in [7, 11) is 0.